The molecule has 2 heterocycles. The molecule has 0 saturated carbocycles. The largest absolute Gasteiger partial charge is 0.241 e. The summed E-state index contributed by atoms with van der Waals surface area (Å²) in [6.07, 6.45) is 0. The van der Waals surface area contributed by atoms with Gasteiger partial charge in [-0.25, -0.2) is 8.42 Å². The van der Waals surface area contributed by atoms with Crippen molar-refractivity contribution in [1.29, 1.82) is 0 Å². The molecule has 7 heteroatoms. The average molecular weight is 384 g/mol. The first kappa shape index (κ1) is 16.7. The minimum atomic E-state index is -3.69. The number of benzene rings is 1. The summed E-state index contributed by atoms with van der Waals surface area (Å²) >= 11 is 9.13. The lowest BCUT2D eigenvalue weighted by atomic mass is 10.1. The van der Waals surface area contributed by atoms with Crippen LogP contribution in [0.2, 0.25) is 5.02 Å². The van der Waals surface area contributed by atoms with Crippen molar-refractivity contribution in [2.75, 3.05) is 0 Å². The fraction of sp³-hybridized carbons (Fsp3) is 0.125. The van der Waals surface area contributed by atoms with E-state index >= 15 is 0 Å². The molecule has 1 unspecified atom stereocenters. The highest BCUT2D eigenvalue weighted by molar-refractivity contribution is 7.89. The topological polar surface area (TPSA) is 46.2 Å². The molecule has 0 spiro atoms. The molecule has 3 nitrogen and oxygen atoms in total. The Bertz CT molecular complexity index is 853. The van der Waals surface area contributed by atoms with Gasteiger partial charge in [-0.1, -0.05) is 23.7 Å². The number of hydrogen-bond acceptors (Lipinski definition) is 4. The van der Waals surface area contributed by atoms with Gasteiger partial charge in [-0.2, -0.15) is 16.1 Å². The molecule has 1 atom stereocenters. The molecule has 1 N–H and O–H groups in total. The number of halogens is 1. The Morgan fingerprint density at radius 2 is 1.96 bits per heavy atom. The van der Waals surface area contributed by atoms with Crippen molar-refractivity contribution in [3.63, 3.8) is 0 Å². The Hall–Kier alpha value is -1.18. The van der Waals surface area contributed by atoms with E-state index in [1.54, 1.807) is 36.5 Å². The first-order chi connectivity index (χ1) is 11.0. The lowest BCUT2D eigenvalue weighted by Crippen LogP contribution is -2.29. The highest BCUT2D eigenvalue weighted by Crippen LogP contribution is 2.30. The van der Waals surface area contributed by atoms with Crippen LogP contribution >= 0.6 is 34.3 Å². The molecule has 0 fully saturated rings. The molecule has 0 aliphatic carbocycles. The van der Waals surface area contributed by atoms with Crippen molar-refractivity contribution in [2.24, 2.45) is 0 Å². The smallest absolute Gasteiger partial charge is 0.207 e. The van der Waals surface area contributed by atoms with Gasteiger partial charge in [0.2, 0.25) is 10.0 Å². The van der Waals surface area contributed by atoms with Gasteiger partial charge in [-0.15, -0.1) is 11.3 Å². The summed E-state index contributed by atoms with van der Waals surface area (Å²) in [7, 11) is -3.69. The van der Waals surface area contributed by atoms with Crippen molar-refractivity contribution in [1.82, 2.24) is 4.72 Å². The second-order valence-corrected chi connectivity index (χ2v) is 8.84. The lowest BCUT2D eigenvalue weighted by molar-refractivity contribution is 0.573. The van der Waals surface area contributed by atoms with E-state index in [9.17, 15) is 8.42 Å². The van der Waals surface area contributed by atoms with Crippen LogP contribution in [0.1, 0.15) is 22.0 Å². The van der Waals surface area contributed by atoms with Crippen LogP contribution in [0.25, 0.3) is 0 Å². The molecule has 0 aliphatic heterocycles. The summed E-state index contributed by atoms with van der Waals surface area (Å²) in [6, 6.07) is 10.3. The van der Waals surface area contributed by atoms with Crippen LogP contribution in [0.15, 0.2) is 57.4 Å². The predicted molar refractivity (Wildman–Crippen MR) is 97.0 cm³/mol. The van der Waals surface area contributed by atoms with Crippen molar-refractivity contribution >= 4 is 44.3 Å². The van der Waals surface area contributed by atoms with E-state index in [2.05, 4.69) is 4.72 Å². The molecule has 120 valence electrons. The Labute approximate surface area is 148 Å². The predicted octanol–water partition coefficient (Wildman–Crippen LogP) is 4.84. The van der Waals surface area contributed by atoms with Crippen LogP contribution in [0.5, 0.6) is 0 Å². The highest BCUT2D eigenvalue weighted by atomic mass is 35.5. The first-order valence-corrected chi connectivity index (χ1v) is 10.5. The van der Waals surface area contributed by atoms with E-state index in [0.717, 1.165) is 10.4 Å². The Kier molecular flexibility index (Phi) is 4.89. The Morgan fingerprint density at radius 1 is 1.13 bits per heavy atom. The second kappa shape index (κ2) is 6.75. The van der Waals surface area contributed by atoms with Gasteiger partial charge in [-0.05, 0) is 58.5 Å². The molecular formula is C16H14ClNO2S3. The third-order valence-electron chi connectivity index (χ3n) is 3.48. The number of rotatable bonds is 5. The fourth-order valence-corrected chi connectivity index (χ4v) is 5.55. The molecule has 0 bridgehead atoms. The summed E-state index contributed by atoms with van der Waals surface area (Å²) in [5, 5.41) is 6.27. The minimum absolute atomic E-state index is 0.210. The molecule has 0 radical (unpaired) electrons. The number of thiophene rings is 2. The van der Waals surface area contributed by atoms with Crippen molar-refractivity contribution in [2.45, 2.75) is 17.9 Å². The van der Waals surface area contributed by atoms with E-state index in [0.29, 0.717) is 10.6 Å². The van der Waals surface area contributed by atoms with Gasteiger partial charge in [-0.3, -0.25) is 0 Å². The van der Waals surface area contributed by atoms with E-state index < -0.39 is 16.1 Å². The molecule has 23 heavy (non-hydrogen) atoms. The summed E-state index contributed by atoms with van der Waals surface area (Å²) in [5.41, 5.74) is 1.48. The van der Waals surface area contributed by atoms with Gasteiger partial charge in [0.1, 0.15) is 0 Å². The molecule has 1 aromatic carbocycles. The molecule has 0 aliphatic rings. The van der Waals surface area contributed by atoms with Crippen LogP contribution < -0.4 is 4.72 Å². The normalized spacial score (nSPS) is 13.1. The Morgan fingerprint density at radius 3 is 2.61 bits per heavy atom. The number of hydrogen-bond donors (Lipinski definition) is 1. The third-order valence-corrected chi connectivity index (χ3v) is 7.10. The van der Waals surface area contributed by atoms with Gasteiger partial charge in [0.15, 0.2) is 0 Å². The molecule has 2 aromatic heterocycles. The first-order valence-electron chi connectivity index (χ1n) is 6.82. The zero-order valence-electron chi connectivity index (χ0n) is 12.2. The molecule has 3 aromatic rings. The van der Waals surface area contributed by atoms with Gasteiger partial charge < -0.3 is 0 Å². The summed E-state index contributed by atoms with van der Waals surface area (Å²) in [4.78, 5) is 1.16. The van der Waals surface area contributed by atoms with Gasteiger partial charge in [0, 0.05) is 9.90 Å². The monoisotopic (exact) mass is 383 g/mol. The molecule has 0 amide bonds. The average Bonchev–Trinajstić information content (AvgIpc) is 3.21. The van der Waals surface area contributed by atoms with Crippen molar-refractivity contribution in [3.05, 3.63) is 73.6 Å². The van der Waals surface area contributed by atoms with E-state index in [1.165, 1.54) is 11.3 Å². The Balaban J connectivity index is 2.01. The minimum Gasteiger partial charge on any atom is -0.207 e. The maximum Gasteiger partial charge on any atom is 0.241 e. The number of sulfonamides is 1. The van der Waals surface area contributed by atoms with Crippen LogP contribution in [0.3, 0.4) is 0 Å². The van der Waals surface area contributed by atoms with Crippen LogP contribution in [0.4, 0.5) is 0 Å². The van der Waals surface area contributed by atoms with Gasteiger partial charge in [0.05, 0.1) is 10.9 Å². The summed E-state index contributed by atoms with van der Waals surface area (Å²) in [5.74, 6) is 0. The molecule has 0 saturated heterocycles. The van der Waals surface area contributed by atoms with E-state index in [4.69, 9.17) is 11.6 Å². The van der Waals surface area contributed by atoms with E-state index in [1.807, 2.05) is 34.3 Å². The van der Waals surface area contributed by atoms with Gasteiger partial charge in [0.25, 0.3) is 0 Å². The summed E-state index contributed by atoms with van der Waals surface area (Å²) < 4.78 is 28.5. The highest BCUT2D eigenvalue weighted by Gasteiger charge is 2.25. The molecular weight excluding hydrogens is 370 g/mol. The van der Waals surface area contributed by atoms with E-state index in [-0.39, 0.29) is 4.90 Å². The van der Waals surface area contributed by atoms with Crippen LogP contribution in [0, 0.1) is 6.92 Å². The van der Waals surface area contributed by atoms with Crippen molar-refractivity contribution < 1.29 is 8.42 Å². The SMILES string of the molecule is Cc1c(Cl)cccc1S(=O)(=O)NC(c1ccsc1)c1cccs1. The van der Waals surface area contributed by atoms with Crippen LogP contribution in [-0.2, 0) is 10.0 Å². The zero-order valence-corrected chi connectivity index (χ0v) is 15.4. The lowest BCUT2D eigenvalue weighted by Gasteiger charge is -2.18. The maximum atomic E-state index is 12.8. The molecule has 3 rings (SSSR count). The fourth-order valence-electron chi connectivity index (χ4n) is 2.28. The second-order valence-electron chi connectivity index (χ2n) is 4.99. The van der Waals surface area contributed by atoms with Crippen LogP contribution in [-0.4, -0.2) is 8.42 Å². The van der Waals surface area contributed by atoms with Gasteiger partial charge >= 0.3 is 0 Å². The zero-order chi connectivity index (χ0) is 16.4. The third kappa shape index (κ3) is 3.51. The number of nitrogens with one attached hydrogen (secondary N) is 1. The quantitative estimate of drug-likeness (QED) is 0.685. The summed E-state index contributed by atoms with van der Waals surface area (Å²) in [6.45, 7) is 1.71. The maximum absolute atomic E-state index is 12.8. The van der Waals surface area contributed by atoms with Crippen molar-refractivity contribution in [3.8, 4) is 0 Å². The standard InChI is InChI=1S/C16H14ClNO2S3/c1-11-13(17)4-2-6-15(11)23(19,20)18-16(12-7-9-21-10-12)14-5-3-8-22-14/h2-10,16,18H,1H3.